The predicted molar refractivity (Wildman–Crippen MR) is 79.0 cm³/mol. The number of hydrogen-bond donors (Lipinski definition) is 1. The van der Waals surface area contributed by atoms with Gasteiger partial charge in [-0.2, -0.15) is 0 Å². The van der Waals surface area contributed by atoms with Crippen molar-refractivity contribution >= 4 is 22.8 Å². The van der Waals surface area contributed by atoms with Crippen molar-refractivity contribution in [1.29, 1.82) is 0 Å². The van der Waals surface area contributed by atoms with Crippen LogP contribution in [0.2, 0.25) is 0 Å². The number of carbonyl (C=O) groups excluding carboxylic acids is 1. The number of aromatic nitrogens is 1. The summed E-state index contributed by atoms with van der Waals surface area (Å²) in [7, 11) is 0. The van der Waals surface area contributed by atoms with E-state index in [1.165, 1.54) is 4.90 Å². The molecular formula is C16H18N2O3. The maximum Gasteiger partial charge on any atom is 0.326 e. The van der Waals surface area contributed by atoms with Crippen molar-refractivity contribution in [3.63, 3.8) is 0 Å². The summed E-state index contributed by atoms with van der Waals surface area (Å²) in [6.45, 7) is 2.70. The molecule has 0 aliphatic carbocycles. The Labute approximate surface area is 122 Å². The van der Waals surface area contributed by atoms with E-state index in [0.29, 0.717) is 13.0 Å². The number of rotatable bonds is 3. The second kappa shape index (κ2) is 5.24. The fraction of sp³-hybridized carbons (Fsp3) is 0.375. The number of para-hydroxylation sites is 1. The Bertz CT molecular complexity index is 705. The summed E-state index contributed by atoms with van der Waals surface area (Å²) in [6, 6.07) is 9.28. The van der Waals surface area contributed by atoms with Gasteiger partial charge in [0.1, 0.15) is 12.6 Å². The minimum absolute atomic E-state index is 0.121. The van der Waals surface area contributed by atoms with E-state index in [1.807, 2.05) is 41.8 Å². The van der Waals surface area contributed by atoms with Crippen LogP contribution in [0.1, 0.15) is 18.5 Å². The van der Waals surface area contributed by atoms with Gasteiger partial charge in [-0.05, 0) is 37.3 Å². The Balaban J connectivity index is 1.87. The van der Waals surface area contributed by atoms with Crippen molar-refractivity contribution in [2.75, 3.05) is 6.54 Å². The fourth-order valence-corrected chi connectivity index (χ4v) is 3.11. The lowest BCUT2D eigenvalue weighted by Crippen LogP contribution is -2.42. The number of carbonyl (C=O) groups is 2. The molecule has 1 fully saturated rings. The van der Waals surface area contributed by atoms with Crippen molar-refractivity contribution in [3.05, 3.63) is 36.0 Å². The van der Waals surface area contributed by atoms with Crippen LogP contribution >= 0.6 is 0 Å². The van der Waals surface area contributed by atoms with Crippen molar-refractivity contribution in [1.82, 2.24) is 9.47 Å². The summed E-state index contributed by atoms with van der Waals surface area (Å²) in [5.41, 5.74) is 2.02. The van der Waals surface area contributed by atoms with Gasteiger partial charge in [0.05, 0.1) is 0 Å². The third-order valence-electron chi connectivity index (χ3n) is 4.17. The topological polar surface area (TPSA) is 62.5 Å². The maximum atomic E-state index is 12.5. The molecule has 0 unspecified atom stereocenters. The van der Waals surface area contributed by atoms with Gasteiger partial charge >= 0.3 is 5.97 Å². The number of benzene rings is 1. The van der Waals surface area contributed by atoms with Crippen LogP contribution in [-0.2, 0) is 16.1 Å². The molecule has 1 amide bonds. The molecular weight excluding hydrogens is 268 g/mol. The first-order chi connectivity index (χ1) is 10.1. The molecule has 0 bridgehead atoms. The van der Waals surface area contributed by atoms with Gasteiger partial charge in [-0.15, -0.1) is 0 Å². The van der Waals surface area contributed by atoms with Crippen LogP contribution in [0.25, 0.3) is 10.9 Å². The highest BCUT2D eigenvalue weighted by molar-refractivity contribution is 5.87. The summed E-state index contributed by atoms with van der Waals surface area (Å²) < 4.78 is 1.95. The highest BCUT2D eigenvalue weighted by Gasteiger charge is 2.33. The van der Waals surface area contributed by atoms with Gasteiger partial charge in [-0.1, -0.05) is 18.2 Å². The van der Waals surface area contributed by atoms with Crippen molar-refractivity contribution in [2.24, 2.45) is 0 Å². The normalized spacial score (nSPS) is 18.3. The Morgan fingerprint density at radius 1 is 1.33 bits per heavy atom. The Morgan fingerprint density at radius 2 is 2.10 bits per heavy atom. The zero-order valence-electron chi connectivity index (χ0n) is 12.0. The molecule has 21 heavy (non-hydrogen) atoms. The Morgan fingerprint density at radius 3 is 2.86 bits per heavy atom. The van der Waals surface area contributed by atoms with Crippen LogP contribution in [-0.4, -0.2) is 39.0 Å². The highest BCUT2D eigenvalue weighted by Crippen LogP contribution is 2.22. The molecule has 5 nitrogen and oxygen atoms in total. The number of carboxylic acids is 1. The lowest BCUT2D eigenvalue weighted by atomic mass is 10.2. The van der Waals surface area contributed by atoms with Gasteiger partial charge in [0, 0.05) is 17.8 Å². The van der Waals surface area contributed by atoms with E-state index in [4.69, 9.17) is 0 Å². The molecule has 1 N–H and O–H groups in total. The number of carboxylic acid groups (broad SMARTS) is 1. The molecule has 2 heterocycles. The van der Waals surface area contributed by atoms with Crippen LogP contribution in [0.5, 0.6) is 0 Å². The predicted octanol–water partition coefficient (Wildman–Crippen LogP) is 2.03. The summed E-state index contributed by atoms with van der Waals surface area (Å²) in [4.78, 5) is 25.2. The third-order valence-corrected chi connectivity index (χ3v) is 4.17. The molecule has 110 valence electrons. The highest BCUT2D eigenvalue weighted by atomic mass is 16.4. The second-order valence-corrected chi connectivity index (χ2v) is 5.51. The van der Waals surface area contributed by atoms with E-state index < -0.39 is 12.0 Å². The van der Waals surface area contributed by atoms with Gasteiger partial charge in [0.15, 0.2) is 0 Å². The monoisotopic (exact) mass is 286 g/mol. The number of fused-ring (bicyclic) bond motifs is 1. The third kappa shape index (κ3) is 2.39. The number of hydrogen-bond acceptors (Lipinski definition) is 2. The number of aryl methyl sites for hydroxylation is 1. The molecule has 1 aromatic heterocycles. The smallest absolute Gasteiger partial charge is 0.326 e. The molecule has 3 rings (SSSR count). The van der Waals surface area contributed by atoms with Crippen LogP contribution in [0.3, 0.4) is 0 Å². The molecule has 1 aliphatic rings. The van der Waals surface area contributed by atoms with Crippen molar-refractivity contribution in [2.45, 2.75) is 32.4 Å². The van der Waals surface area contributed by atoms with E-state index in [0.717, 1.165) is 23.0 Å². The number of amides is 1. The quantitative estimate of drug-likeness (QED) is 0.939. The zero-order valence-corrected chi connectivity index (χ0v) is 12.0. The van der Waals surface area contributed by atoms with Gasteiger partial charge in [0.2, 0.25) is 5.91 Å². The zero-order chi connectivity index (χ0) is 15.0. The summed E-state index contributed by atoms with van der Waals surface area (Å²) in [5.74, 6) is -1.03. The largest absolute Gasteiger partial charge is 0.480 e. The van der Waals surface area contributed by atoms with Crippen LogP contribution in [0.4, 0.5) is 0 Å². The van der Waals surface area contributed by atoms with Gasteiger partial charge in [0.25, 0.3) is 0 Å². The van der Waals surface area contributed by atoms with E-state index in [1.54, 1.807) is 0 Å². The molecule has 0 saturated carbocycles. The molecule has 5 heteroatoms. The Kier molecular flexibility index (Phi) is 3.41. The molecule has 1 aliphatic heterocycles. The summed E-state index contributed by atoms with van der Waals surface area (Å²) >= 11 is 0. The lowest BCUT2D eigenvalue weighted by molar-refractivity contribution is -0.148. The van der Waals surface area contributed by atoms with Gasteiger partial charge in [-0.3, -0.25) is 4.79 Å². The second-order valence-electron chi connectivity index (χ2n) is 5.51. The molecule has 1 atom stereocenters. The van der Waals surface area contributed by atoms with Gasteiger partial charge in [-0.25, -0.2) is 4.79 Å². The average molecular weight is 286 g/mol. The Hall–Kier alpha value is -2.30. The van der Waals surface area contributed by atoms with E-state index >= 15 is 0 Å². The minimum atomic E-state index is -0.907. The molecule has 2 aromatic rings. The average Bonchev–Trinajstić information content (AvgIpc) is 3.04. The SMILES string of the molecule is Cc1cc2ccccc2n1CC(=O)N1CCC[C@@H]1C(=O)O. The van der Waals surface area contributed by atoms with Crippen molar-refractivity contribution in [3.8, 4) is 0 Å². The lowest BCUT2D eigenvalue weighted by Gasteiger charge is -2.22. The molecule has 1 aromatic carbocycles. The van der Waals surface area contributed by atoms with E-state index in [2.05, 4.69) is 0 Å². The van der Waals surface area contributed by atoms with Crippen molar-refractivity contribution < 1.29 is 14.7 Å². The molecule has 0 radical (unpaired) electrons. The van der Waals surface area contributed by atoms with E-state index in [-0.39, 0.29) is 12.5 Å². The van der Waals surface area contributed by atoms with E-state index in [9.17, 15) is 14.7 Å². The minimum Gasteiger partial charge on any atom is -0.480 e. The first kappa shape index (κ1) is 13.7. The van der Waals surface area contributed by atoms with Crippen LogP contribution in [0, 0.1) is 6.92 Å². The number of likely N-dealkylation sites (tertiary alicyclic amines) is 1. The summed E-state index contributed by atoms with van der Waals surface area (Å²) in [5, 5.41) is 10.3. The standard InChI is InChI=1S/C16H18N2O3/c1-11-9-12-5-2-3-6-13(12)18(11)10-15(19)17-8-4-7-14(17)16(20)21/h2-3,5-6,9,14H,4,7-8,10H2,1H3,(H,20,21)/t14-/m1/s1. The van der Waals surface area contributed by atoms with Crippen LogP contribution < -0.4 is 0 Å². The van der Waals surface area contributed by atoms with Gasteiger partial charge < -0.3 is 14.6 Å². The molecule has 0 spiro atoms. The first-order valence-corrected chi connectivity index (χ1v) is 7.15. The fourth-order valence-electron chi connectivity index (χ4n) is 3.11. The number of aliphatic carboxylic acids is 1. The summed E-state index contributed by atoms with van der Waals surface area (Å²) in [6.07, 6.45) is 1.31. The van der Waals surface area contributed by atoms with Crippen LogP contribution in [0.15, 0.2) is 30.3 Å². The first-order valence-electron chi connectivity index (χ1n) is 7.15. The molecule has 1 saturated heterocycles. The number of nitrogens with zero attached hydrogens (tertiary/aromatic N) is 2. The maximum absolute atomic E-state index is 12.5.